The Morgan fingerprint density at radius 1 is 0.760 bits per heavy atom. The van der Waals surface area contributed by atoms with Gasteiger partial charge in [-0.3, -0.25) is 4.79 Å². The van der Waals surface area contributed by atoms with Crippen LogP contribution in [0.5, 0.6) is 0 Å². The third kappa shape index (κ3) is 6.65. The summed E-state index contributed by atoms with van der Waals surface area (Å²) in [7, 11) is 0. The monoisotopic (exact) mass is 419 g/mol. The molecular weight excluding hydrogens is 391 g/mol. The number of halogens is 2. The second-order valence-corrected chi connectivity index (χ2v) is 7.24. The fourth-order valence-corrected chi connectivity index (χ4v) is 4.43. The molecule has 5 heteroatoms. The summed E-state index contributed by atoms with van der Waals surface area (Å²) in [4.78, 5) is 10.4. The largest absolute Gasteiger partial charge is 3.00 e. The van der Waals surface area contributed by atoms with Gasteiger partial charge in [0.05, 0.1) is 5.92 Å². The fraction of sp³-hybridized carbons (Fsp3) is 0.700. The molecule has 0 atom stereocenters. The number of rotatable bonds is 1. The van der Waals surface area contributed by atoms with Gasteiger partial charge in [-0.2, -0.15) is 28.3 Å². The topological polar surface area (TPSA) is 37.3 Å². The molecule has 0 amide bonds. The third-order valence-corrected chi connectivity index (χ3v) is 5.69. The van der Waals surface area contributed by atoms with Crippen molar-refractivity contribution < 1.29 is 56.4 Å². The van der Waals surface area contributed by atoms with Crippen LogP contribution in [0.3, 0.4) is 0 Å². The molecule has 0 aliphatic heterocycles. The van der Waals surface area contributed by atoms with Crippen molar-refractivity contribution in [2.45, 2.75) is 83.5 Å². The number of carboxylic acid groups (broad SMARTS) is 1. The second-order valence-electron chi connectivity index (χ2n) is 7.24. The first-order valence-electron chi connectivity index (χ1n) is 9.27. The van der Waals surface area contributed by atoms with Gasteiger partial charge in [-0.1, -0.05) is 70.6 Å². The molecule has 1 fully saturated rings. The van der Waals surface area contributed by atoms with Crippen LogP contribution in [0.1, 0.15) is 80.0 Å². The molecule has 0 unspecified atom stereocenters. The summed E-state index contributed by atoms with van der Waals surface area (Å²) in [6.07, 6.45) is 16.4. The predicted octanol–water partition coefficient (Wildman–Crippen LogP) is -1.18. The Labute approximate surface area is 179 Å². The van der Waals surface area contributed by atoms with Gasteiger partial charge < -0.3 is 29.9 Å². The number of aryl methyl sites for hydroxylation is 2. The van der Waals surface area contributed by atoms with E-state index in [2.05, 4.69) is 6.07 Å². The van der Waals surface area contributed by atoms with Gasteiger partial charge in [0.1, 0.15) is 0 Å². The minimum Gasteiger partial charge on any atom is -1.00 e. The number of hydrogen-bond donors (Lipinski definition) is 1. The summed E-state index contributed by atoms with van der Waals surface area (Å²) >= 11 is 0. The van der Waals surface area contributed by atoms with Crippen LogP contribution < -0.4 is 24.8 Å². The van der Waals surface area contributed by atoms with Crippen LogP contribution in [-0.2, 0) is 52.2 Å². The van der Waals surface area contributed by atoms with Crippen molar-refractivity contribution in [3.63, 3.8) is 0 Å². The van der Waals surface area contributed by atoms with Crippen LogP contribution in [0.2, 0.25) is 0 Å². The van der Waals surface area contributed by atoms with Crippen molar-refractivity contribution in [1.29, 1.82) is 0 Å². The molecule has 1 radical (unpaired) electrons. The van der Waals surface area contributed by atoms with E-state index in [9.17, 15) is 4.79 Å². The molecule has 2 nitrogen and oxygen atoms in total. The van der Waals surface area contributed by atoms with Crippen molar-refractivity contribution in [3.05, 3.63) is 28.3 Å². The van der Waals surface area contributed by atoms with E-state index >= 15 is 0 Å². The van der Waals surface area contributed by atoms with E-state index in [0.717, 1.165) is 25.7 Å². The zero-order chi connectivity index (χ0) is 15.4. The van der Waals surface area contributed by atoms with Gasteiger partial charge in [-0.25, -0.2) is 0 Å². The minimum absolute atomic E-state index is 0. The molecule has 0 aromatic heterocycles. The van der Waals surface area contributed by atoms with Gasteiger partial charge in [0, 0.05) is 0 Å². The molecule has 0 bridgehead atoms. The van der Waals surface area contributed by atoms with Gasteiger partial charge >= 0.3 is 27.7 Å². The summed E-state index contributed by atoms with van der Waals surface area (Å²) in [5, 5.41) is 8.54. The Balaban J connectivity index is 0.000000435. The maximum absolute atomic E-state index is 10.4. The zero-order valence-corrected chi connectivity index (χ0v) is 18.0. The molecule has 1 aromatic carbocycles. The third-order valence-electron chi connectivity index (χ3n) is 5.69. The molecule has 1 aromatic rings. The summed E-state index contributed by atoms with van der Waals surface area (Å²) in [6, 6.07) is 2.52. The molecule has 1 N–H and O–H groups in total. The van der Waals surface area contributed by atoms with E-state index in [4.69, 9.17) is 5.11 Å². The van der Waals surface area contributed by atoms with Crippen molar-refractivity contribution in [3.8, 4) is 0 Å². The standard InChI is InChI=1S/C13H17.C7H12O2.2ClH.Ti/c1-3-7-12-10(5-1)9-11-6-2-4-8-13(11)12;8-7(9)6-4-2-1-3-5-6;;;/h9H,1-8H2;6H,1-5H2,(H,8,9);2*1H;/q-1;;;;+3/p-2. The molecule has 139 valence electrons. The first-order valence-corrected chi connectivity index (χ1v) is 9.27. The summed E-state index contributed by atoms with van der Waals surface area (Å²) < 4.78 is 0. The van der Waals surface area contributed by atoms with E-state index in [1.165, 1.54) is 57.8 Å². The molecule has 0 spiro atoms. The van der Waals surface area contributed by atoms with Crippen LogP contribution in [0, 0.1) is 5.92 Å². The first kappa shape index (κ1) is 25.1. The molecule has 0 heterocycles. The van der Waals surface area contributed by atoms with Crippen molar-refractivity contribution in [2.24, 2.45) is 5.92 Å². The van der Waals surface area contributed by atoms with E-state index in [-0.39, 0.29) is 52.4 Å². The van der Waals surface area contributed by atoms with Crippen LogP contribution in [0.4, 0.5) is 0 Å². The summed E-state index contributed by atoms with van der Waals surface area (Å²) in [5.41, 5.74) is 6.94. The maximum atomic E-state index is 10.4. The van der Waals surface area contributed by atoms with Gasteiger partial charge in [0.25, 0.3) is 0 Å². The number of aliphatic carboxylic acids is 1. The number of hydrogen-bond acceptors (Lipinski definition) is 1. The quantitative estimate of drug-likeness (QED) is 0.459. The first-order chi connectivity index (χ1) is 10.8. The van der Waals surface area contributed by atoms with Crippen molar-refractivity contribution in [2.75, 3.05) is 0 Å². The Hall–Kier alpha value is 0.114. The van der Waals surface area contributed by atoms with Gasteiger partial charge in [0.15, 0.2) is 0 Å². The second kappa shape index (κ2) is 12.5. The molecule has 1 saturated carbocycles. The maximum Gasteiger partial charge on any atom is 3.00 e. The molecule has 3 aliphatic rings. The number of carbonyl (C=O) groups is 1. The van der Waals surface area contributed by atoms with E-state index in [0.29, 0.717) is 0 Å². The zero-order valence-electron chi connectivity index (χ0n) is 15.0. The Morgan fingerprint density at radius 2 is 1.20 bits per heavy atom. The molecular formula is C20H29Cl2O2Ti. The Kier molecular flexibility index (Phi) is 12.5. The van der Waals surface area contributed by atoms with Crippen LogP contribution in [0.25, 0.3) is 0 Å². The van der Waals surface area contributed by atoms with Crippen molar-refractivity contribution in [1.82, 2.24) is 0 Å². The van der Waals surface area contributed by atoms with Crippen LogP contribution in [-0.4, -0.2) is 11.1 Å². The number of carboxylic acids is 1. The van der Waals surface area contributed by atoms with Crippen LogP contribution in [0.15, 0.2) is 6.07 Å². The van der Waals surface area contributed by atoms with Gasteiger partial charge in [0.2, 0.25) is 0 Å². The predicted molar refractivity (Wildman–Crippen MR) is 89.5 cm³/mol. The average molecular weight is 420 g/mol. The van der Waals surface area contributed by atoms with Crippen molar-refractivity contribution >= 4 is 5.97 Å². The number of fused-ring (bicyclic) bond motifs is 3. The van der Waals surface area contributed by atoms with Crippen LogP contribution >= 0.6 is 0 Å². The van der Waals surface area contributed by atoms with E-state index in [1.807, 2.05) is 0 Å². The Bertz CT molecular complexity index is 492. The molecule has 4 rings (SSSR count). The normalized spacial score (nSPS) is 18.7. The average Bonchev–Trinajstić information content (AvgIpc) is 2.95. The van der Waals surface area contributed by atoms with Gasteiger partial charge in [-0.15, -0.1) is 0 Å². The Morgan fingerprint density at radius 3 is 1.60 bits per heavy atom. The SMILES string of the molecule is O=C(O)C1CCCCC1.[Cl-].[Cl-].[Ti+3].[cH-]1c2c(c3c1CCCC3)CCCC2. The molecule has 25 heavy (non-hydrogen) atoms. The molecule has 0 saturated heterocycles. The van der Waals surface area contributed by atoms with Gasteiger partial charge in [-0.05, 0) is 12.8 Å². The summed E-state index contributed by atoms with van der Waals surface area (Å²) in [5.74, 6) is -0.631. The van der Waals surface area contributed by atoms with E-state index < -0.39 is 5.97 Å². The summed E-state index contributed by atoms with van der Waals surface area (Å²) in [6.45, 7) is 0. The smallest absolute Gasteiger partial charge is 1.00 e. The van der Waals surface area contributed by atoms with E-state index in [1.54, 1.807) is 22.3 Å². The molecule has 3 aliphatic carbocycles. The minimum atomic E-state index is -0.602. The fourth-order valence-electron chi connectivity index (χ4n) is 4.43.